The van der Waals surface area contributed by atoms with Crippen molar-refractivity contribution in [1.82, 2.24) is 15.6 Å². The Morgan fingerprint density at radius 1 is 1.24 bits per heavy atom. The minimum absolute atomic E-state index is 0. The van der Waals surface area contributed by atoms with Crippen LogP contribution in [0.3, 0.4) is 0 Å². The van der Waals surface area contributed by atoms with E-state index in [1.807, 2.05) is 31.2 Å². The van der Waals surface area contributed by atoms with Gasteiger partial charge in [0.15, 0.2) is 11.7 Å². The lowest BCUT2D eigenvalue weighted by atomic mass is 10.1. The van der Waals surface area contributed by atoms with Crippen molar-refractivity contribution in [3.8, 4) is 0 Å². The number of nitrogens with zero attached hydrogens (tertiary/aromatic N) is 2. The molecule has 0 atom stereocenters. The number of thiazole rings is 1. The highest BCUT2D eigenvalue weighted by molar-refractivity contribution is 14.0. The highest BCUT2D eigenvalue weighted by Gasteiger charge is 2.33. The molecule has 2 N–H and O–H groups in total. The number of benzene rings is 1. The first kappa shape index (κ1) is 21.7. The fourth-order valence-corrected chi connectivity index (χ4v) is 2.86. The molecular weight excluding hydrogens is 464 g/mol. The van der Waals surface area contributed by atoms with Crippen LogP contribution in [0.4, 0.5) is 13.2 Å². The van der Waals surface area contributed by atoms with Crippen LogP contribution in [0, 0.1) is 6.92 Å². The van der Waals surface area contributed by atoms with Crippen LogP contribution >= 0.6 is 35.3 Å². The summed E-state index contributed by atoms with van der Waals surface area (Å²) in [6.07, 6.45) is -3.97. The molecule has 0 spiro atoms. The second kappa shape index (κ2) is 9.95. The Morgan fingerprint density at radius 2 is 1.96 bits per heavy atom. The van der Waals surface area contributed by atoms with Crippen molar-refractivity contribution in [2.45, 2.75) is 26.1 Å². The molecule has 0 amide bonds. The summed E-state index contributed by atoms with van der Waals surface area (Å²) in [6.45, 7) is 3.12. The van der Waals surface area contributed by atoms with Crippen molar-refractivity contribution >= 4 is 41.3 Å². The lowest BCUT2D eigenvalue weighted by Gasteiger charge is -2.12. The van der Waals surface area contributed by atoms with Crippen LogP contribution in [0.1, 0.15) is 21.8 Å². The Morgan fingerprint density at radius 3 is 2.56 bits per heavy atom. The molecule has 0 saturated heterocycles. The zero-order chi connectivity index (χ0) is 17.6. The topological polar surface area (TPSA) is 49.3 Å². The number of hydrogen-bond acceptors (Lipinski definition) is 3. The van der Waals surface area contributed by atoms with E-state index >= 15 is 0 Å². The average Bonchev–Trinajstić information content (AvgIpc) is 3.01. The van der Waals surface area contributed by atoms with Crippen LogP contribution in [0.15, 0.2) is 34.6 Å². The molecule has 0 unspecified atom stereocenters. The van der Waals surface area contributed by atoms with Crippen molar-refractivity contribution < 1.29 is 13.2 Å². The van der Waals surface area contributed by atoms with Crippen molar-refractivity contribution in [1.29, 1.82) is 0 Å². The summed E-state index contributed by atoms with van der Waals surface area (Å²) in [5.74, 6) is 0.603. The number of aliphatic imine (C=N–C) groups is 1. The van der Waals surface area contributed by atoms with Crippen LogP contribution in [0.25, 0.3) is 0 Å². The maximum Gasteiger partial charge on any atom is 0.434 e. The van der Waals surface area contributed by atoms with E-state index in [2.05, 4.69) is 20.6 Å². The normalized spacial score (nSPS) is 11.8. The number of guanidine groups is 1. The Balaban J connectivity index is 0.00000312. The molecule has 1 heterocycles. The molecule has 0 bridgehead atoms. The summed E-state index contributed by atoms with van der Waals surface area (Å²) in [6, 6.07) is 8.02. The van der Waals surface area contributed by atoms with E-state index in [0.29, 0.717) is 30.5 Å². The van der Waals surface area contributed by atoms with Gasteiger partial charge in [-0.1, -0.05) is 24.3 Å². The average molecular weight is 484 g/mol. The zero-order valence-corrected chi connectivity index (χ0v) is 17.0. The molecule has 9 heteroatoms. The van der Waals surface area contributed by atoms with E-state index < -0.39 is 11.9 Å². The van der Waals surface area contributed by atoms with E-state index in [4.69, 9.17) is 0 Å². The van der Waals surface area contributed by atoms with Crippen LogP contribution in [-0.4, -0.2) is 24.5 Å². The molecule has 2 aromatic rings. The Labute approximate surface area is 166 Å². The number of aryl methyl sites for hydroxylation is 1. The molecule has 0 saturated carbocycles. The first-order valence-electron chi connectivity index (χ1n) is 7.41. The van der Waals surface area contributed by atoms with Crippen molar-refractivity contribution in [3.63, 3.8) is 0 Å². The molecule has 0 aliphatic rings. The zero-order valence-electron chi connectivity index (χ0n) is 13.9. The van der Waals surface area contributed by atoms with Gasteiger partial charge >= 0.3 is 6.18 Å². The van der Waals surface area contributed by atoms with Gasteiger partial charge in [0, 0.05) is 31.9 Å². The smallest absolute Gasteiger partial charge is 0.356 e. The van der Waals surface area contributed by atoms with Gasteiger partial charge in [0.1, 0.15) is 0 Å². The van der Waals surface area contributed by atoms with Gasteiger partial charge in [-0.25, -0.2) is 4.98 Å². The monoisotopic (exact) mass is 484 g/mol. The summed E-state index contributed by atoms with van der Waals surface area (Å²) in [4.78, 5) is 7.71. The fourth-order valence-electron chi connectivity index (χ4n) is 2.05. The third kappa shape index (κ3) is 6.81. The fraction of sp³-hybridized carbons (Fsp3) is 0.375. The number of alkyl halides is 3. The third-order valence-corrected chi connectivity index (χ3v) is 4.31. The maximum absolute atomic E-state index is 12.5. The van der Waals surface area contributed by atoms with Gasteiger partial charge in [-0.05, 0) is 18.1 Å². The Hall–Kier alpha value is -1.36. The van der Waals surface area contributed by atoms with Crippen LogP contribution in [0.5, 0.6) is 0 Å². The minimum Gasteiger partial charge on any atom is -0.356 e. The van der Waals surface area contributed by atoms with Crippen molar-refractivity contribution in [3.05, 3.63) is 51.5 Å². The SMILES string of the molecule is CN=C(NCCc1nc(C(F)(F)F)cs1)NCc1ccccc1C.I. The number of hydrogen-bond donors (Lipinski definition) is 2. The molecule has 0 radical (unpaired) electrons. The molecule has 0 aliphatic heterocycles. The predicted molar refractivity (Wildman–Crippen MR) is 106 cm³/mol. The molecule has 1 aromatic heterocycles. The van der Waals surface area contributed by atoms with E-state index in [1.165, 1.54) is 5.56 Å². The van der Waals surface area contributed by atoms with Crippen LogP contribution < -0.4 is 10.6 Å². The maximum atomic E-state index is 12.5. The number of halogens is 4. The molecule has 0 aliphatic carbocycles. The van der Waals surface area contributed by atoms with Gasteiger partial charge in [-0.3, -0.25) is 4.99 Å². The van der Waals surface area contributed by atoms with E-state index in [9.17, 15) is 13.2 Å². The summed E-state index contributed by atoms with van der Waals surface area (Å²) in [5.41, 5.74) is 1.52. The largest absolute Gasteiger partial charge is 0.434 e. The molecule has 138 valence electrons. The number of nitrogens with one attached hydrogen (secondary N) is 2. The molecule has 2 rings (SSSR count). The summed E-state index contributed by atoms with van der Waals surface area (Å²) >= 11 is 1.02. The van der Waals surface area contributed by atoms with Crippen molar-refractivity contribution in [2.75, 3.05) is 13.6 Å². The van der Waals surface area contributed by atoms with Crippen LogP contribution in [-0.2, 0) is 19.1 Å². The Kier molecular flexibility index (Phi) is 8.63. The van der Waals surface area contributed by atoms with Crippen molar-refractivity contribution in [2.24, 2.45) is 4.99 Å². The summed E-state index contributed by atoms with van der Waals surface area (Å²) < 4.78 is 37.5. The highest BCUT2D eigenvalue weighted by atomic mass is 127. The molecule has 25 heavy (non-hydrogen) atoms. The van der Waals surface area contributed by atoms with Gasteiger partial charge < -0.3 is 10.6 Å². The van der Waals surface area contributed by atoms with Gasteiger partial charge in [-0.2, -0.15) is 13.2 Å². The number of aromatic nitrogens is 1. The highest BCUT2D eigenvalue weighted by Crippen LogP contribution is 2.29. The van der Waals surface area contributed by atoms with Gasteiger partial charge in [0.25, 0.3) is 0 Å². The summed E-state index contributed by atoms with van der Waals surface area (Å²) in [5, 5.41) is 7.75. The molecule has 4 nitrogen and oxygen atoms in total. The lowest BCUT2D eigenvalue weighted by Crippen LogP contribution is -2.38. The molecule has 0 fully saturated rings. The first-order chi connectivity index (χ1) is 11.4. The standard InChI is InChI=1S/C16H19F3N4S.HI/c1-11-5-3-4-6-12(11)9-22-15(20-2)21-8-7-14-23-13(10-24-14)16(17,18)19;/h3-6,10H,7-9H2,1-2H3,(H2,20,21,22);1H. The molecule has 1 aromatic carbocycles. The number of rotatable bonds is 5. The van der Waals surface area contributed by atoms with E-state index in [1.54, 1.807) is 7.05 Å². The van der Waals surface area contributed by atoms with Gasteiger partial charge in [0.05, 0.1) is 5.01 Å². The Bertz CT molecular complexity index is 701. The summed E-state index contributed by atoms with van der Waals surface area (Å²) in [7, 11) is 1.65. The second-order valence-corrected chi connectivity index (χ2v) is 6.10. The van der Waals surface area contributed by atoms with E-state index in [-0.39, 0.29) is 24.0 Å². The quantitative estimate of drug-likeness (QED) is 0.384. The lowest BCUT2D eigenvalue weighted by molar-refractivity contribution is -0.140. The van der Waals surface area contributed by atoms with Crippen LogP contribution in [0.2, 0.25) is 0 Å². The predicted octanol–water partition coefficient (Wildman–Crippen LogP) is 4.00. The minimum atomic E-state index is -4.38. The third-order valence-electron chi connectivity index (χ3n) is 3.40. The second-order valence-electron chi connectivity index (χ2n) is 5.15. The first-order valence-corrected chi connectivity index (χ1v) is 8.28. The van der Waals surface area contributed by atoms with Gasteiger partial charge in [0.2, 0.25) is 0 Å². The van der Waals surface area contributed by atoms with E-state index in [0.717, 1.165) is 22.3 Å². The molecular formula is C16H20F3IN4S. The van der Waals surface area contributed by atoms with Gasteiger partial charge in [-0.15, -0.1) is 35.3 Å².